The fourth-order valence-electron chi connectivity index (χ4n) is 3.15. The van der Waals surface area contributed by atoms with Gasteiger partial charge in [0.05, 0.1) is 5.92 Å². The molecular formula is C18H32O2. The van der Waals surface area contributed by atoms with Gasteiger partial charge in [0.1, 0.15) is 5.60 Å². The van der Waals surface area contributed by atoms with Crippen LogP contribution in [0.3, 0.4) is 0 Å². The van der Waals surface area contributed by atoms with Crippen LogP contribution in [0, 0.1) is 23.7 Å². The standard InChI is InChI=1S/C18H32O2/c1-7-8-16(13(2)3)17(19)20-18(5,6)15-11-9-14(4)10-12-15/h7-8,13-16H,9-12H2,1-6H3/b8-7-/t14?,15?,16-/m0/s1. The Hall–Kier alpha value is -0.790. The van der Waals surface area contributed by atoms with E-state index in [9.17, 15) is 4.79 Å². The summed E-state index contributed by atoms with van der Waals surface area (Å²) in [5.41, 5.74) is -0.341. The molecule has 0 amide bonds. The molecule has 0 bridgehead atoms. The van der Waals surface area contributed by atoms with Gasteiger partial charge in [-0.05, 0) is 51.4 Å². The maximum Gasteiger partial charge on any atom is 0.313 e. The largest absolute Gasteiger partial charge is 0.459 e. The summed E-state index contributed by atoms with van der Waals surface area (Å²) in [7, 11) is 0. The fourth-order valence-corrected chi connectivity index (χ4v) is 3.15. The Morgan fingerprint density at radius 1 is 1.20 bits per heavy atom. The van der Waals surface area contributed by atoms with Crippen molar-refractivity contribution < 1.29 is 9.53 Å². The lowest BCUT2D eigenvalue weighted by molar-refractivity contribution is -0.168. The van der Waals surface area contributed by atoms with E-state index in [1.807, 2.05) is 19.1 Å². The van der Waals surface area contributed by atoms with Crippen LogP contribution in [-0.2, 0) is 9.53 Å². The number of ether oxygens (including phenoxy) is 1. The lowest BCUT2D eigenvalue weighted by atomic mass is 9.75. The number of esters is 1. The topological polar surface area (TPSA) is 26.3 Å². The van der Waals surface area contributed by atoms with Crippen LogP contribution < -0.4 is 0 Å². The Morgan fingerprint density at radius 2 is 1.75 bits per heavy atom. The van der Waals surface area contributed by atoms with E-state index in [0.29, 0.717) is 5.92 Å². The predicted octanol–water partition coefficient (Wildman–Crippen LogP) is 4.98. The van der Waals surface area contributed by atoms with E-state index in [-0.39, 0.29) is 23.4 Å². The number of rotatable bonds is 5. The smallest absolute Gasteiger partial charge is 0.313 e. The number of allylic oxidation sites excluding steroid dienone is 1. The maximum absolute atomic E-state index is 12.4. The van der Waals surface area contributed by atoms with Gasteiger partial charge in [-0.2, -0.15) is 0 Å². The third kappa shape index (κ3) is 4.64. The molecule has 1 fully saturated rings. The quantitative estimate of drug-likeness (QED) is 0.524. The molecule has 2 heteroatoms. The normalized spacial score (nSPS) is 25.9. The predicted molar refractivity (Wildman–Crippen MR) is 84.4 cm³/mol. The van der Waals surface area contributed by atoms with Crippen molar-refractivity contribution in [2.24, 2.45) is 23.7 Å². The van der Waals surface area contributed by atoms with Crippen molar-refractivity contribution in [1.82, 2.24) is 0 Å². The zero-order valence-corrected chi connectivity index (χ0v) is 14.1. The van der Waals surface area contributed by atoms with Gasteiger partial charge in [-0.3, -0.25) is 4.79 Å². The molecule has 0 unspecified atom stereocenters. The van der Waals surface area contributed by atoms with E-state index in [1.54, 1.807) is 0 Å². The van der Waals surface area contributed by atoms with Crippen LogP contribution in [0.5, 0.6) is 0 Å². The fraction of sp³-hybridized carbons (Fsp3) is 0.833. The van der Waals surface area contributed by atoms with Crippen molar-refractivity contribution in [3.8, 4) is 0 Å². The van der Waals surface area contributed by atoms with E-state index >= 15 is 0 Å². The van der Waals surface area contributed by atoms with Crippen molar-refractivity contribution >= 4 is 5.97 Å². The molecule has 1 rings (SSSR count). The number of hydrogen-bond donors (Lipinski definition) is 0. The van der Waals surface area contributed by atoms with Crippen LogP contribution in [0.15, 0.2) is 12.2 Å². The van der Waals surface area contributed by atoms with E-state index < -0.39 is 0 Å². The van der Waals surface area contributed by atoms with Gasteiger partial charge in [-0.1, -0.05) is 45.8 Å². The molecule has 1 atom stereocenters. The Balaban J connectivity index is 2.66. The average Bonchev–Trinajstić information content (AvgIpc) is 2.35. The molecule has 1 saturated carbocycles. The second-order valence-corrected chi connectivity index (χ2v) is 7.28. The molecule has 0 spiro atoms. The lowest BCUT2D eigenvalue weighted by Crippen LogP contribution is -2.40. The first-order valence-corrected chi connectivity index (χ1v) is 8.13. The molecule has 116 valence electrons. The minimum absolute atomic E-state index is 0.0679. The summed E-state index contributed by atoms with van der Waals surface area (Å²) in [5, 5.41) is 0. The summed E-state index contributed by atoms with van der Waals surface area (Å²) < 4.78 is 5.90. The zero-order valence-electron chi connectivity index (χ0n) is 14.1. The molecular weight excluding hydrogens is 248 g/mol. The molecule has 0 N–H and O–H groups in total. The minimum atomic E-state index is -0.341. The van der Waals surface area contributed by atoms with E-state index in [4.69, 9.17) is 4.74 Å². The van der Waals surface area contributed by atoms with Crippen LogP contribution in [-0.4, -0.2) is 11.6 Å². The van der Waals surface area contributed by atoms with Crippen molar-refractivity contribution in [3.05, 3.63) is 12.2 Å². The molecule has 0 aliphatic heterocycles. The number of hydrogen-bond acceptors (Lipinski definition) is 2. The van der Waals surface area contributed by atoms with Crippen LogP contribution in [0.25, 0.3) is 0 Å². The molecule has 20 heavy (non-hydrogen) atoms. The van der Waals surface area contributed by atoms with Gasteiger partial charge in [0.25, 0.3) is 0 Å². The molecule has 1 aliphatic rings. The molecule has 0 aromatic rings. The Labute approximate surface area is 125 Å². The first-order valence-electron chi connectivity index (χ1n) is 8.13. The molecule has 0 aromatic carbocycles. The number of carbonyl (C=O) groups is 1. The molecule has 0 radical (unpaired) electrons. The van der Waals surface area contributed by atoms with Gasteiger partial charge >= 0.3 is 5.97 Å². The van der Waals surface area contributed by atoms with E-state index in [0.717, 1.165) is 5.92 Å². The highest BCUT2D eigenvalue weighted by Gasteiger charge is 2.37. The molecule has 1 aliphatic carbocycles. The second-order valence-electron chi connectivity index (χ2n) is 7.28. The highest BCUT2D eigenvalue weighted by atomic mass is 16.6. The van der Waals surface area contributed by atoms with Gasteiger partial charge < -0.3 is 4.74 Å². The highest BCUT2D eigenvalue weighted by Crippen LogP contribution is 2.37. The van der Waals surface area contributed by atoms with E-state index in [2.05, 4.69) is 34.6 Å². The first-order chi connectivity index (χ1) is 9.27. The summed E-state index contributed by atoms with van der Waals surface area (Å²) in [6.07, 6.45) is 8.78. The molecule has 2 nitrogen and oxygen atoms in total. The van der Waals surface area contributed by atoms with Crippen LogP contribution in [0.1, 0.15) is 67.2 Å². The minimum Gasteiger partial charge on any atom is -0.459 e. The monoisotopic (exact) mass is 280 g/mol. The van der Waals surface area contributed by atoms with Gasteiger partial charge in [0, 0.05) is 0 Å². The van der Waals surface area contributed by atoms with Crippen LogP contribution in [0.4, 0.5) is 0 Å². The van der Waals surface area contributed by atoms with Crippen molar-refractivity contribution in [2.75, 3.05) is 0 Å². The second kappa shape index (κ2) is 7.28. The van der Waals surface area contributed by atoms with E-state index in [1.165, 1.54) is 25.7 Å². The van der Waals surface area contributed by atoms with Gasteiger partial charge in [-0.25, -0.2) is 0 Å². The third-order valence-corrected chi connectivity index (χ3v) is 4.75. The Kier molecular flexibility index (Phi) is 6.29. The zero-order chi connectivity index (χ0) is 15.3. The van der Waals surface area contributed by atoms with Crippen molar-refractivity contribution in [2.45, 2.75) is 72.8 Å². The summed E-state index contributed by atoms with van der Waals surface area (Å²) in [4.78, 5) is 12.4. The van der Waals surface area contributed by atoms with Crippen molar-refractivity contribution in [1.29, 1.82) is 0 Å². The number of carbonyl (C=O) groups excluding carboxylic acids is 1. The lowest BCUT2D eigenvalue weighted by Gasteiger charge is -2.39. The van der Waals surface area contributed by atoms with Gasteiger partial charge in [0.2, 0.25) is 0 Å². The summed E-state index contributed by atoms with van der Waals surface area (Å²) in [5.74, 6) is 1.41. The summed E-state index contributed by atoms with van der Waals surface area (Å²) in [6.45, 7) is 12.6. The Bertz CT molecular complexity index is 333. The Morgan fingerprint density at radius 3 is 2.20 bits per heavy atom. The average molecular weight is 280 g/mol. The highest BCUT2D eigenvalue weighted by molar-refractivity contribution is 5.75. The molecule has 0 aromatic heterocycles. The third-order valence-electron chi connectivity index (χ3n) is 4.75. The van der Waals surface area contributed by atoms with Gasteiger partial charge in [0.15, 0.2) is 0 Å². The van der Waals surface area contributed by atoms with Crippen molar-refractivity contribution in [3.63, 3.8) is 0 Å². The summed E-state index contributed by atoms with van der Waals surface area (Å²) >= 11 is 0. The van der Waals surface area contributed by atoms with Crippen LogP contribution >= 0.6 is 0 Å². The SMILES string of the molecule is C/C=C\[C@H](C(=O)OC(C)(C)C1CCC(C)CC1)C(C)C. The first kappa shape index (κ1) is 17.3. The van der Waals surface area contributed by atoms with Gasteiger partial charge in [-0.15, -0.1) is 0 Å². The summed E-state index contributed by atoms with van der Waals surface area (Å²) in [6, 6.07) is 0. The molecule has 0 heterocycles. The van der Waals surface area contributed by atoms with Crippen LogP contribution in [0.2, 0.25) is 0 Å². The molecule has 0 saturated heterocycles. The maximum atomic E-state index is 12.4.